The Morgan fingerprint density at radius 1 is 1.12 bits per heavy atom. The van der Waals surface area contributed by atoms with E-state index in [2.05, 4.69) is 10.6 Å². The van der Waals surface area contributed by atoms with Gasteiger partial charge in [-0.1, -0.05) is 44.2 Å². The molecule has 0 aliphatic carbocycles. The van der Waals surface area contributed by atoms with Crippen LogP contribution in [0.15, 0.2) is 30.3 Å². The Hall–Kier alpha value is -2.48. The first kappa shape index (κ1) is 21.6. The van der Waals surface area contributed by atoms with Crippen LogP contribution in [0.1, 0.15) is 25.8 Å². The van der Waals surface area contributed by atoms with Crippen molar-refractivity contribution in [1.29, 1.82) is 0 Å². The van der Waals surface area contributed by atoms with Crippen molar-refractivity contribution >= 4 is 17.8 Å². The number of rotatable bonds is 10. The zero-order valence-corrected chi connectivity index (χ0v) is 14.9. The van der Waals surface area contributed by atoms with E-state index in [1.165, 1.54) is 0 Å². The average molecular weight is 368 g/mol. The first-order valence-electron chi connectivity index (χ1n) is 8.34. The van der Waals surface area contributed by atoms with Crippen LogP contribution >= 0.6 is 0 Å². The summed E-state index contributed by atoms with van der Waals surface area (Å²) in [6, 6.07) is 6.72. The monoisotopic (exact) mass is 368 g/mol. The number of carbonyl (C=O) groups excluding carboxylic acids is 3. The minimum Gasteiger partial charge on any atom is -0.445 e. The Labute approximate surface area is 151 Å². The fourth-order valence-electron chi connectivity index (χ4n) is 2.20. The zero-order valence-electron chi connectivity index (χ0n) is 14.9. The van der Waals surface area contributed by atoms with Crippen molar-refractivity contribution in [3.63, 3.8) is 0 Å². The number of amides is 2. The summed E-state index contributed by atoms with van der Waals surface area (Å²) in [4.78, 5) is 35.6. The van der Waals surface area contributed by atoms with Gasteiger partial charge in [0.05, 0.1) is 6.61 Å². The summed E-state index contributed by atoms with van der Waals surface area (Å²) in [5.74, 6) is -1.56. The third kappa shape index (κ3) is 7.60. The van der Waals surface area contributed by atoms with Crippen LogP contribution in [-0.2, 0) is 20.9 Å². The molecule has 0 radical (unpaired) electrons. The van der Waals surface area contributed by atoms with Gasteiger partial charge in [0.25, 0.3) is 0 Å². The molecule has 3 N–H and O–H groups in total. The number of aliphatic hydroxyl groups excluding tert-OH is 1. The summed E-state index contributed by atoms with van der Waals surface area (Å²) in [7, 11) is 0. The van der Waals surface area contributed by atoms with Gasteiger partial charge in [-0.2, -0.15) is 0 Å². The number of alkyl halides is 1. The van der Waals surface area contributed by atoms with Gasteiger partial charge in [0.1, 0.15) is 25.4 Å². The van der Waals surface area contributed by atoms with Crippen molar-refractivity contribution in [2.75, 3.05) is 13.3 Å². The molecule has 1 rings (SSSR count). The Morgan fingerprint density at radius 3 is 2.31 bits per heavy atom. The van der Waals surface area contributed by atoms with Crippen molar-refractivity contribution < 1.29 is 28.6 Å². The smallest absolute Gasteiger partial charge is 0.408 e. The minimum absolute atomic E-state index is 0.0439. The molecule has 0 bridgehead atoms. The van der Waals surface area contributed by atoms with Gasteiger partial charge >= 0.3 is 6.09 Å². The van der Waals surface area contributed by atoms with Crippen LogP contribution in [0.3, 0.4) is 0 Å². The molecule has 26 heavy (non-hydrogen) atoms. The van der Waals surface area contributed by atoms with Gasteiger partial charge in [-0.25, -0.2) is 9.18 Å². The van der Waals surface area contributed by atoms with E-state index >= 15 is 0 Å². The molecular weight excluding hydrogens is 343 g/mol. The first-order valence-corrected chi connectivity index (χ1v) is 8.34. The van der Waals surface area contributed by atoms with E-state index in [0.29, 0.717) is 0 Å². The third-order valence-electron chi connectivity index (χ3n) is 3.55. The van der Waals surface area contributed by atoms with Gasteiger partial charge in [-0.15, -0.1) is 0 Å². The van der Waals surface area contributed by atoms with E-state index in [9.17, 15) is 18.8 Å². The number of carbonyl (C=O) groups is 3. The summed E-state index contributed by atoms with van der Waals surface area (Å²) in [6.07, 6.45) is -0.499. The quantitative estimate of drug-likeness (QED) is 0.578. The second-order valence-electron chi connectivity index (χ2n) is 6.23. The number of hydrogen-bond acceptors (Lipinski definition) is 5. The van der Waals surface area contributed by atoms with Crippen molar-refractivity contribution in [2.45, 2.75) is 39.0 Å². The summed E-state index contributed by atoms with van der Waals surface area (Å²) >= 11 is 0. The molecule has 0 spiro atoms. The molecule has 0 heterocycles. The summed E-state index contributed by atoms with van der Waals surface area (Å²) in [5, 5.41) is 13.8. The van der Waals surface area contributed by atoms with Gasteiger partial charge in [0.15, 0.2) is 5.78 Å². The van der Waals surface area contributed by atoms with Crippen LogP contribution in [0.2, 0.25) is 0 Å². The lowest BCUT2D eigenvalue weighted by molar-refractivity contribution is -0.130. The molecule has 144 valence electrons. The Kier molecular flexibility index (Phi) is 9.29. The van der Waals surface area contributed by atoms with Gasteiger partial charge in [-0.3, -0.25) is 9.59 Å². The third-order valence-corrected chi connectivity index (χ3v) is 3.55. The van der Waals surface area contributed by atoms with E-state index in [0.717, 1.165) is 5.56 Å². The SMILES string of the molecule is CC(C)C[C@H](NC(=O)OCc1ccccc1)C(=O)NC(CO)C(=O)CF. The predicted octanol–water partition coefficient (Wildman–Crippen LogP) is 1.34. The molecule has 2 atom stereocenters. The minimum atomic E-state index is -1.34. The van der Waals surface area contributed by atoms with Gasteiger partial charge in [-0.05, 0) is 17.9 Å². The number of halogens is 1. The maximum atomic E-state index is 12.5. The standard InChI is InChI=1S/C18H25FN2O5/c1-12(2)8-14(17(24)20-15(10-22)16(23)9-19)21-18(25)26-11-13-6-4-3-5-7-13/h3-7,12,14-15,22H,8-11H2,1-2H3,(H,20,24)(H,21,25)/t14-,15?/m0/s1. The number of Topliss-reactive ketones (excluding diaryl/α,β-unsaturated/α-hetero) is 1. The summed E-state index contributed by atoms with van der Waals surface area (Å²) in [5.41, 5.74) is 0.793. The van der Waals surface area contributed by atoms with Gasteiger partial charge in [0.2, 0.25) is 5.91 Å². The molecular formula is C18H25FN2O5. The molecule has 0 aliphatic rings. The summed E-state index contributed by atoms with van der Waals surface area (Å²) < 4.78 is 17.5. The number of hydrogen-bond donors (Lipinski definition) is 3. The van der Waals surface area contributed by atoms with Crippen molar-refractivity contribution in [1.82, 2.24) is 10.6 Å². The lowest BCUT2D eigenvalue weighted by Gasteiger charge is -2.22. The van der Waals surface area contributed by atoms with Crippen LogP contribution in [-0.4, -0.2) is 48.3 Å². The van der Waals surface area contributed by atoms with E-state index in [-0.39, 0.29) is 18.9 Å². The lowest BCUT2D eigenvalue weighted by Crippen LogP contribution is -2.53. The maximum Gasteiger partial charge on any atom is 0.408 e. The van der Waals surface area contributed by atoms with Crippen LogP contribution in [0, 0.1) is 5.92 Å². The van der Waals surface area contributed by atoms with E-state index < -0.39 is 43.1 Å². The highest BCUT2D eigenvalue weighted by Gasteiger charge is 2.27. The second-order valence-corrected chi connectivity index (χ2v) is 6.23. The fraction of sp³-hybridized carbons (Fsp3) is 0.500. The average Bonchev–Trinajstić information content (AvgIpc) is 2.63. The molecule has 0 fully saturated rings. The first-order chi connectivity index (χ1) is 12.4. The topological polar surface area (TPSA) is 105 Å². The van der Waals surface area contributed by atoms with Crippen molar-refractivity contribution in [2.24, 2.45) is 5.92 Å². The van der Waals surface area contributed by atoms with Gasteiger partial charge in [0, 0.05) is 0 Å². The number of ether oxygens (including phenoxy) is 1. The molecule has 0 saturated heterocycles. The largest absolute Gasteiger partial charge is 0.445 e. The highest BCUT2D eigenvalue weighted by atomic mass is 19.1. The van der Waals surface area contributed by atoms with Crippen LogP contribution in [0.4, 0.5) is 9.18 Å². The molecule has 2 amide bonds. The van der Waals surface area contributed by atoms with E-state index in [1.54, 1.807) is 12.1 Å². The lowest BCUT2D eigenvalue weighted by atomic mass is 10.0. The molecule has 8 heteroatoms. The number of ketones is 1. The van der Waals surface area contributed by atoms with E-state index in [4.69, 9.17) is 9.84 Å². The summed E-state index contributed by atoms with van der Waals surface area (Å²) in [6.45, 7) is 1.73. The van der Waals surface area contributed by atoms with Crippen LogP contribution in [0.25, 0.3) is 0 Å². The molecule has 1 aromatic rings. The zero-order chi connectivity index (χ0) is 19.5. The maximum absolute atomic E-state index is 12.5. The molecule has 7 nitrogen and oxygen atoms in total. The molecule has 0 saturated carbocycles. The molecule has 1 unspecified atom stereocenters. The number of aliphatic hydroxyl groups is 1. The van der Waals surface area contributed by atoms with Crippen LogP contribution < -0.4 is 10.6 Å². The Bertz CT molecular complexity index is 595. The number of benzene rings is 1. The predicted molar refractivity (Wildman–Crippen MR) is 93.0 cm³/mol. The normalized spacial score (nSPS) is 13.0. The van der Waals surface area contributed by atoms with Gasteiger partial charge < -0.3 is 20.5 Å². The number of nitrogens with one attached hydrogen (secondary N) is 2. The number of alkyl carbamates (subject to hydrolysis) is 1. The van der Waals surface area contributed by atoms with Crippen molar-refractivity contribution in [3.8, 4) is 0 Å². The molecule has 1 aromatic carbocycles. The van der Waals surface area contributed by atoms with Crippen molar-refractivity contribution in [3.05, 3.63) is 35.9 Å². The highest BCUT2D eigenvalue weighted by Crippen LogP contribution is 2.07. The highest BCUT2D eigenvalue weighted by molar-refractivity contribution is 5.92. The second kappa shape index (κ2) is 11.2. The Morgan fingerprint density at radius 2 is 1.77 bits per heavy atom. The Balaban J connectivity index is 2.65. The van der Waals surface area contributed by atoms with Crippen LogP contribution in [0.5, 0.6) is 0 Å². The fourth-order valence-corrected chi connectivity index (χ4v) is 2.20. The molecule has 0 aromatic heterocycles. The molecule has 0 aliphatic heterocycles. The van der Waals surface area contributed by atoms with E-state index in [1.807, 2.05) is 32.0 Å².